The smallest absolute Gasteiger partial charge is 0.0394 e. The standard InChI is InChI=1S/C18H26N2/c19-13-18(20-9-3-4-10-20)16-7-8-17(18)12-15-6-2-1-5-14(15)11-16/h1-2,5-6,16-17H,3-4,7-13,19H2. The molecule has 2 aliphatic carbocycles. The Morgan fingerprint density at radius 2 is 1.55 bits per heavy atom. The quantitative estimate of drug-likeness (QED) is 0.895. The third-order valence-electron chi connectivity index (χ3n) is 6.35. The molecule has 2 nitrogen and oxygen atoms in total. The van der Waals surface area contributed by atoms with Crippen LogP contribution in [-0.2, 0) is 12.8 Å². The minimum Gasteiger partial charge on any atom is -0.329 e. The summed E-state index contributed by atoms with van der Waals surface area (Å²) in [5, 5.41) is 0. The van der Waals surface area contributed by atoms with Gasteiger partial charge in [-0.1, -0.05) is 24.3 Å². The molecule has 1 saturated carbocycles. The van der Waals surface area contributed by atoms with Gasteiger partial charge >= 0.3 is 0 Å². The van der Waals surface area contributed by atoms with E-state index < -0.39 is 0 Å². The van der Waals surface area contributed by atoms with Gasteiger partial charge in [0.2, 0.25) is 0 Å². The van der Waals surface area contributed by atoms with Crippen LogP contribution in [0.1, 0.15) is 36.8 Å². The van der Waals surface area contributed by atoms with Gasteiger partial charge in [0.15, 0.2) is 0 Å². The second-order valence-electron chi connectivity index (χ2n) is 7.04. The average molecular weight is 270 g/mol. The molecule has 1 aliphatic heterocycles. The first-order chi connectivity index (χ1) is 9.84. The fourth-order valence-electron chi connectivity index (χ4n) is 5.39. The molecular formula is C18H26N2. The third kappa shape index (κ3) is 1.71. The van der Waals surface area contributed by atoms with Crippen LogP contribution in [0.3, 0.4) is 0 Å². The van der Waals surface area contributed by atoms with Crippen molar-refractivity contribution in [1.82, 2.24) is 4.90 Å². The van der Waals surface area contributed by atoms with Crippen LogP contribution in [0.15, 0.2) is 24.3 Å². The number of nitrogens with zero attached hydrogens (tertiary/aromatic N) is 1. The topological polar surface area (TPSA) is 29.3 Å². The summed E-state index contributed by atoms with van der Waals surface area (Å²) in [6, 6.07) is 9.11. The van der Waals surface area contributed by atoms with E-state index in [2.05, 4.69) is 29.2 Å². The molecule has 2 unspecified atom stereocenters. The number of nitrogens with two attached hydrogens (primary N) is 1. The van der Waals surface area contributed by atoms with Crippen molar-refractivity contribution in [2.75, 3.05) is 19.6 Å². The zero-order valence-corrected chi connectivity index (χ0v) is 12.4. The van der Waals surface area contributed by atoms with Crippen molar-refractivity contribution >= 4 is 0 Å². The fraction of sp³-hybridized carbons (Fsp3) is 0.667. The molecule has 1 aromatic carbocycles. The number of fused-ring (bicyclic) bond motifs is 3. The van der Waals surface area contributed by atoms with Gasteiger partial charge in [0.25, 0.3) is 0 Å². The van der Waals surface area contributed by atoms with Crippen LogP contribution in [0.5, 0.6) is 0 Å². The minimum absolute atomic E-state index is 0.301. The van der Waals surface area contributed by atoms with Crippen molar-refractivity contribution in [3.63, 3.8) is 0 Å². The van der Waals surface area contributed by atoms with Gasteiger partial charge < -0.3 is 5.73 Å². The lowest BCUT2D eigenvalue weighted by atomic mass is 9.77. The molecule has 1 aromatic rings. The first kappa shape index (κ1) is 12.8. The molecular weight excluding hydrogens is 244 g/mol. The maximum absolute atomic E-state index is 6.40. The highest BCUT2D eigenvalue weighted by atomic mass is 15.2. The Hall–Kier alpha value is -0.860. The lowest BCUT2D eigenvalue weighted by Crippen LogP contribution is -2.59. The maximum Gasteiger partial charge on any atom is 0.0394 e. The largest absolute Gasteiger partial charge is 0.329 e. The number of benzene rings is 1. The number of hydrogen-bond donors (Lipinski definition) is 1. The summed E-state index contributed by atoms with van der Waals surface area (Å²) in [5.74, 6) is 1.55. The molecule has 2 atom stereocenters. The Balaban J connectivity index is 1.75. The minimum atomic E-state index is 0.301. The first-order valence-corrected chi connectivity index (χ1v) is 8.36. The van der Waals surface area contributed by atoms with Crippen LogP contribution in [0.25, 0.3) is 0 Å². The Kier molecular flexibility index (Phi) is 3.12. The highest BCUT2D eigenvalue weighted by Gasteiger charge is 2.54. The number of rotatable bonds is 2. The van der Waals surface area contributed by atoms with E-state index in [-0.39, 0.29) is 0 Å². The summed E-state index contributed by atoms with van der Waals surface area (Å²) in [6.45, 7) is 3.41. The molecule has 2 N–H and O–H groups in total. The summed E-state index contributed by atoms with van der Waals surface area (Å²) in [5.41, 5.74) is 9.89. The van der Waals surface area contributed by atoms with E-state index in [1.807, 2.05) is 0 Å². The lowest BCUT2D eigenvalue weighted by Gasteiger charge is -2.46. The van der Waals surface area contributed by atoms with Gasteiger partial charge in [0, 0.05) is 12.1 Å². The van der Waals surface area contributed by atoms with E-state index in [0.717, 1.165) is 18.4 Å². The number of likely N-dealkylation sites (tertiary alicyclic amines) is 1. The maximum atomic E-state index is 6.40. The van der Waals surface area contributed by atoms with E-state index in [9.17, 15) is 0 Å². The van der Waals surface area contributed by atoms with Crippen LogP contribution in [0.4, 0.5) is 0 Å². The summed E-state index contributed by atoms with van der Waals surface area (Å²) < 4.78 is 0. The monoisotopic (exact) mass is 270 g/mol. The molecule has 1 saturated heterocycles. The molecule has 3 aliphatic rings. The van der Waals surface area contributed by atoms with Gasteiger partial charge in [-0.05, 0) is 74.6 Å². The Bertz CT molecular complexity index is 457. The van der Waals surface area contributed by atoms with Crippen molar-refractivity contribution in [3.8, 4) is 0 Å². The van der Waals surface area contributed by atoms with Gasteiger partial charge in [-0.25, -0.2) is 0 Å². The number of hydrogen-bond acceptors (Lipinski definition) is 2. The van der Waals surface area contributed by atoms with Gasteiger partial charge in [0.1, 0.15) is 0 Å². The van der Waals surface area contributed by atoms with Gasteiger partial charge in [0.05, 0.1) is 0 Å². The highest BCUT2D eigenvalue weighted by Crippen LogP contribution is 2.50. The summed E-state index contributed by atoms with van der Waals surface area (Å²) in [7, 11) is 0. The molecule has 20 heavy (non-hydrogen) atoms. The molecule has 0 spiro atoms. The van der Waals surface area contributed by atoms with Crippen molar-refractivity contribution in [2.24, 2.45) is 17.6 Å². The van der Waals surface area contributed by atoms with Crippen molar-refractivity contribution < 1.29 is 0 Å². The zero-order chi connectivity index (χ0) is 13.6. The normalized spacial score (nSPS) is 36.9. The molecule has 0 aromatic heterocycles. The van der Waals surface area contributed by atoms with Crippen LogP contribution in [-0.4, -0.2) is 30.1 Å². The van der Waals surface area contributed by atoms with E-state index in [4.69, 9.17) is 5.73 Å². The van der Waals surface area contributed by atoms with Crippen molar-refractivity contribution in [3.05, 3.63) is 35.4 Å². The van der Waals surface area contributed by atoms with Crippen LogP contribution < -0.4 is 5.73 Å². The predicted octanol–water partition coefficient (Wildman–Crippen LogP) is 2.60. The average Bonchev–Trinajstić information content (AvgIpc) is 3.05. The third-order valence-corrected chi connectivity index (χ3v) is 6.35. The Morgan fingerprint density at radius 3 is 2.05 bits per heavy atom. The molecule has 2 heteroatoms. The van der Waals surface area contributed by atoms with E-state index >= 15 is 0 Å². The van der Waals surface area contributed by atoms with Gasteiger partial charge in [-0.15, -0.1) is 0 Å². The molecule has 1 heterocycles. The Morgan fingerprint density at radius 1 is 1.00 bits per heavy atom. The summed E-state index contributed by atoms with van der Waals surface area (Å²) in [4.78, 5) is 2.78. The van der Waals surface area contributed by atoms with Crippen LogP contribution in [0, 0.1) is 11.8 Å². The lowest BCUT2D eigenvalue weighted by molar-refractivity contribution is 0.0442. The van der Waals surface area contributed by atoms with Gasteiger partial charge in [-0.2, -0.15) is 0 Å². The van der Waals surface area contributed by atoms with Crippen LogP contribution >= 0.6 is 0 Å². The SMILES string of the molecule is NCC1(N2CCCC2)C2CCC1Cc1ccccc1C2. The predicted molar refractivity (Wildman–Crippen MR) is 82.7 cm³/mol. The molecule has 108 valence electrons. The zero-order valence-electron chi connectivity index (χ0n) is 12.4. The molecule has 2 fully saturated rings. The second kappa shape index (κ2) is 4.85. The molecule has 0 radical (unpaired) electrons. The molecule has 2 bridgehead atoms. The molecule has 4 rings (SSSR count). The van der Waals surface area contributed by atoms with E-state index in [0.29, 0.717) is 5.54 Å². The summed E-state index contributed by atoms with van der Waals surface area (Å²) in [6.07, 6.45) is 8.00. The Labute approximate surface area is 122 Å². The van der Waals surface area contributed by atoms with E-state index in [1.54, 1.807) is 11.1 Å². The van der Waals surface area contributed by atoms with Crippen LogP contribution in [0.2, 0.25) is 0 Å². The van der Waals surface area contributed by atoms with E-state index in [1.165, 1.54) is 51.6 Å². The summed E-state index contributed by atoms with van der Waals surface area (Å²) >= 11 is 0. The highest BCUT2D eigenvalue weighted by molar-refractivity contribution is 5.32. The van der Waals surface area contributed by atoms with Crippen molar-refractivity contribution in [2.45, 2.75) is 44.1 Å². The second-order valence-corrected chi connectivity index (χ2v) is 7.04. The molecule has 0 amide bonds. The van der Waals surface area contributed by atoms with Crippen molar-refractivity contribution in [1.29, 1.82) is 0 Å². The van der Waals surface area contributed by atoms with Gasteiger partial charge in [-0.3, -0.25) is 4.90 Å². The fourth-order valence-corrected chi connectivity index (χ4v) is 5.39. The first-order valence-electron chi connectivity index (χ1n) is 8.36.